The number of ether oxygens (including phenoxy) is 1. The highest BCUT2D eigenvalue weighted by molar-refractivity contribution is 6.33. The van der Waals surface area contributed by atoms with Crippen LogP contribution >= 0.6 is 11.6 Å². The number of hydrogen-bond donors (Lipinski definition) is 1. The molecule has 0 unspecified atom stereocenters. The van der Waals surface area contributed by atoms with Gasteiger partial charge in [-0.1, -0.05) is 11.6 Å². The molecule has 1 aliphatic heterocycles. The van der Waals surface area contributed by atoms with Crippen molar-refractivity contribution in [3.05, 3.63) is 41.3 Å². The summed E-state index contributed by atoms with van der Waals surface area (Å²) in [4.78, 5) is 22.9. The smallest absolute Gasteiger partial charge is 0.410 e. The second-order valence-electron chi connectivity index (χ2n) is 8.14. The highest BCUT2D eigenvalue weighted by Crippen LogP contribution is 2.31. The summed E-state index contributed by atoms with van der Waals surface area (Å²) in [6.07, 6.45) is 7.79. The molecule has 1 aliphatic carbocycles. The number of aromatic nitrogens is 4. The van der Waals surface area contributed by atoms with Crippen molar-refractivity contribution in [1.82, 2.24) is 24.6 Å². The van der Waals surface area contributed by atoms with Gasteiger partial charge in [0.15, 0.2) is 5.65 Å². The molecule has 32 heavy (non-hydrogen) atoms. The highest BCUT2D eigenvalue weighted by Gasteiger charge is 2.29. The maximum Gasteiger partial charge on any atom is 0.410 e. The van der Waals surface area contributed by atoms with E-state index in [9.17, 15) is 4.79 Å². The Morgan fingerprint density at radius 2 is 2.03 bits per heavy atom. The minimum atomic E-state index is -0.202. The van der Waals surface area contributed by atoms with Gasteiger partial charge in [0.2, 0.25) is 0 Å². The van der Waals surface area contributed by atoms with E-state index in [1.165, 1.54) is 6.33 Å². The number of carbonyl (C=O) groups excluding carboxylic acids is 1. The van der Waals surface area contributed by atoms with Gasteiger partial charge in [0.05, 0.1) is 40.0 Å². The van der Waals surface area contributed by atoms with Gasteiger partial charge < -0.3 is 15.0 Å². The summed E-state index contributed by atoms with van der Waals surface area (Å²) in [5.41, 5.74) is 1.86. The van der Waals surface area contributed by atoms with Crippen LogP contribution in [0, 0.1) is 11.3 Å². The minimum Gasteiger partial charge on any atom is -0.446 e. The molecule has 164 valence electrons. The Hall–Kier alpha value is -3.38. The normalized spacial score (nSPS) is 17.1. The number of nitriles is 1. The highest BCUT2D eigenvalue weighted by atomic mass is 35.5. The average molecular weight is 452 g/mol. The fourth-order valence-electron chi connectivity index (χ4n) is 4.04. The third-order valence-corrected chi connectivity index (χ3v) is 6.44. The lowest BCUT2D eigenvalue weighted by Gasteiger charge is -2.34. The Morgan fingerprint density at radius 3 is 2.72 bits per heavy atom. The van der Waals surface area contributed by atoms with Crippen molar-refractivity contribution in [2.24, 2.45) is 0 Å². The molecule has 2 aromatic heterocycles. The molecule has 9 nitrogen and oxygen atoms in total. The van der Waals surface area contributed by atoms with Crippen molar-refractivity contribution in [3.63, 3.8) is 0 Å². The Kier molecular flexibility index (Phi) is 5.53. The third kappa shape index (κ3) is 3.94. The van der Waals surface area contributed by atoms with Gasteiger partial charge in [-0.05, 0) is 50.3 Å². The molecule has 2 aliphatic rings. The zero-order chi connectivity index (χ0) is 22.1. The Morgan fingerprint density at radius 1 is 1.22 bits per heavy atom. The maximum absolute atomic E-state index is 12.3. The van der Waals surface area contributed by atoms with Gasteiger partial charge in [-0.3, -0.25) is 0 Å². The van der Waals surface area contributed by atoms with E-state index in [0.29, 0.717) is 35.2 Å². The van der Waals surface area contributed by atoms with Crippen molar-refractivity contribution in [2.45, 2.75) is 44.2 Å². The SMILES string of the molecule is N#Cc1ccc(Nc2ncnc3c2cnn3C2CCN(C(=O)OC3CCC3)CC2)c(Cl)c1. The van der Waals surface area contributed by atoms with Crippen molar-refractivity contribution in [2.75, 3.05) is 18.4 Å². The van der Waals surface area contributed by atoms with E-state index in [2.05, 4.69) is 26.5 Å². The number of rotatable bonds is 4. The summed E-state index contributed by atoms with van der Waals surface area (Å²) < 4.78 is 7.44. The number of piperidine rings is 1. The molecule has 3 aromatic rings. The summed E-state index contributed by atoms with van der Waals surface area (Å²) in [6, 6.07) is 7.26. The number of anilines is 2. The summed E-state index contributed by atoms with van der Waals surface area (Å²) >= 11 is 6.30. The van der Waals surface area contributed by atoms with E-state index in [4.69, 9.17) is 21.6 Å². The summed E-state index contributed by atoms with van der Waals surface area (Å²) in [5, 5.41) is 18.0. The first-order chi connectivity index (χ1) is 15.6. The summed E-state index contributed by atoms with van der Waals surface area (Å²) in [7, 11) is 0. The Balaban J connectivity index is 1.30. The first-order valence-electron chi connectivity index (χ1n) is 10.7. The quantitative estimate of drug-likeness (QED) is 0.625. The first-order valence-corrected chi connectivity index (χ1v) is 11.1. The van der Waals surface area contributed by atoms with Crippen LogP contribution in [-0.2, 0) is 4.74 Å². The topological polar surface area (TPSA) is 109 Å². The van der Waals surface area contributed by atoms with E-state index < -0.39 is 0 Å². The first kappa shape index (κ1) is 20.5. The van der Waals surface area contributed by atoms with Gasteiger partial charge in [-0.15, -0.1) is 0 Å². The van der Waals surface area contributed by atoms with Crippen LogP contribution in [0.4, 0.5) is 16.3 Å². The molecule has 2 fully saturated rings. The lowest BCUT2D eigenvalue weighted by molar-refractivity contribution is 0.0207. The Bertz CT molecular complexity index is 1190. The zero-order valence-corrected chi connectivity index (χ0v) is 18.1. The molecule has 0 spiro atoms. The van der Waals surface area contributed by atoms with E-state index >= 15 is 0 Å². The lowest BCUT2D eigenvalue weighted by atomic mass is 9.96. The average Bonchev–Trinajstić information content (AvgIpc) is 3.22. The van der Waals surface area contributed by atoms with E-state index in [0.717, 1.165) is 43.1 Å². The standard InChI is InChI=1S/C22H22ClN7O2/c23-18-10-14(11-24)4-5-19(18)28-20-17-12-27-30(21(17)26-13-25-20)15-6-8-29(9-7-15)22(31)32-16-2-1-3-16/h4-5,10,12-13,15-16H,1-3,6-9H2,(H,25,26,28). The van der Waals surface area contributed by atoms with Crippen molar-refractivity contribution >= 4 is 40.2 Å². The van der Waals surface area contributed by atoms with Crippen molar-refractivity contribution < 1.29 is 9.53 Å². The van der Waals surface area contributed by atoms with Crippen LogP contribution < -0.4 is 5.32 Å². The van der Waals surface area contributed by atoms with E-state index in [1.807, 2.05) is 4.68 Å². The van der Waals surface area contributed by atoms with Crippen LogP contribution in [0.2, 0.25) is 5.02 Å². The molecule has 1 amide bonds. The van der Waals surface area contributed by atoms with Crippen LogP contribution in [0.25, 0.3) is 11.0 Å². The van der Waals surface area contributed by atoms with Crippen LogP contribution in [-0.4, -0.2) is 49.9 Å². The molecule has 1 N–H and O–H groups in total. The molecule has 0 radical (unpaired) electrons. The molecule has 1 saturated carbocycles. The molecule has 0 atom stereocenters. The molecule has 1 saturated heterocycles. The van der Waals surface area contributed by atoms with Crippen LogP contribution in [0.15, 0.2) is 30.7 Å². The number of halogens is 1. The number of fused-ring (bicyclic) bond motifs is 1. The van der Waals surface area contributed by atoms with Gasteiger partial charge in [0.1, 0.15) is 18.2 Å². The number of amides is 1. The number of benzene rings is 1. The predicted octanol–water partition coefficient (Wildman–Crippen LogP) is 4.42. The minimum absolute atomic E-state index is 0.0995. The summed E-state index contributed by atoms with van der Waals surface area (Å²) in [5.74, 6) is 0.592. The van der Waals surface area contributed by atoms with Crippen molar-refractivity contribution in [1.29, 1.82) is 5.26 Å². The van der Waals surface area contributed by atoms with Gasteiger partial charge in [-0.2, -0.15) is 10.4 Å². The number of nitrogens with one attached hydrogen (secondary N) is 1. The molecule has 10 heteroatoms. The molecule has 1 aromatic carbocycles. The fraction of sp³-hybridized carbons (Fsp3) is 0.409. The maximum atomic E-state index is 12.3. The third-order valence-electron chi connectivity index (χ3n) is 6.13. The zero-order valence-electron chi connectivity index (χ0n) is 17.4. The van der Waals surface area contributed by atoms with Gasteiger partial charge in [-0.25, -0.2) is 19.4 Å². The van der Waals surface area contributed by atoms with Crippen molar-refractivity contribution in [3.8, 4) is 6.07 Å². The second kappa shape index (κ2) is 8.63. The monoisotopic (exact) mass is 451 g/mol. The van der Waals surface area contributed by atoms with Gasteiger partial charge >= 0.3 is 6.09 Å². The van der Waals surface area contributed by atoms with Crippen LogP contribution in [0.3, 0.4) is 0 Å². The number of nitrogens with zero attached hydrogens (tertiary/aromatic N) is 6. The van der Waals surface area contributed by atoms with E-state index in [1.54, 1.807) is 29.3 Å². The van der Waals surface area contributed by atoms with Gasteiger partial charge in [0, 0.05) is 13.1 Å². The number of carbonyl (C=O) groups is 1. The molecular weight excluding hydrogens is 430 g/mol. The van der Waals surface area contributed by atoms with Crippen LogP contribution in [0.1, 0.15) is 43.7 Å². The number of hydrogen-bond acceptors (Lipinski definition) is 7. The predicted molar refractivity (Wildman–Crippen MR) is 119 cm³/mol. The lowest BCUT2D eigenvalue weighted by Crippen LogP contribution is -2.41. The molecule has 0 bridgehead atoms. The van der Waals surface area contributed by atoms with Gasteiger partial charge in [0.25, 0.3) is 0 Å². The largest absolute Gasteiger partial charge is 0.446 e. The fourth-order valence-corrected chi connectivity index (χ4v) is 4.27. The number of likely N-dealkylation sites (tertiary alicyclic amines) is 1. The summed E-state index contributed by atoms with van der Waals surface area (Å²) in [6.45, 7) is 1.27. The molecular formula is C22H22ClN7O2. The molecule has 5 rings (SSSR count). The Labute approximate surface area is 190 Å². The van der Waals surface area contributed by atoms with E-state index in [-0.39, 0.29) is 18.2 Å². The molecule has 3 heterocycles. The second-order valence-corrected chi connectivity index (χ2v) is 8.54. The van der Waals surface area contributed by atoms with Crippen LogP contribution in [0.5, 0.6) is 0 Å².